The van der Waals surface area contributed by atoms with Crippen molar-refractivity contribution in [3.63, 3.8) is 0 Å². The first-order valence-corrected chi connectivity index (χ1v) is 6.38. The largest absolute Gasteiger partial charge is 0.385 e. The van der Waals surface area contributed by atoms with E-state index in [1.165, 1.54) is 19.3 Å². The number of methoxy groups -OCH3 is 1. The third kappa shape index (κ3) is 5.53. The van der Waals surface area contributed by atoms with E-state index in [0.29, 0.717) is 18.0 Å². The van der Waals surface area contributed by atoms with Crippen molar-refractivity contribution in [1.29, 1.82) is 0 Å². The Morgan fingerprint density at radius 1 is 1.27 bits per heavy atom. The summed E-state index contributed by atoms with van der Waals surface area (Å²) in [5.41, 5.74) is 0. The van der Waals surface area contributed by atoms with Crippen LogP contribution in [0, 0.1) is 11.8 Å². The quantitative estimate of drug-likeness (QED) is 0.669. The molecule has 0 aromatic carbocycles. The van der Waals surface area contributed by atoms with Crippen molar-refractivity contribution in [3.8, 4) is 0 Å². The summed E-state index contributed by atoms with van der Waals surface area (Å²) in [7, 11) is 1.78. The van der Waals surface area contributed by atoms with E-state index in [4.69, 9.17) is 4.74 Å². The van der Waals surface area contributed by atoms with Crippen molar-refractivity contribution in [2.24, 2.45) is 11.8 Å². The van der Waals surface area contributed by atoms with E-state index < -0.39 is 0 Å². The smallest absolute Gasteiger partial charge is 0.0477 e. The Morgan fingerprint density at radius 3 is 2.40 bits per heavy atom. The van der Waals surface area contributed by atoms with Gasteiger partial charge in [0.15, 0.2) is 0 Å². The number of ether oxygens (including phenoxy) is 1. The monoisotopic (exact) mass is 213 g/mol. The second-order valence-electron chi connectivity index (χ2n) is 5.38. The van der Waals surface area contributed by atoms with E-state index in [-0.39, 0.29) is 0 Å². The number of hydrogen-bond donors (Lipinski definition) is 1. The molecule has 90 valence electrons. The summed E-state index contributed by atoms with van der Waals surface area (Å²) in [6, 6.07) is 1.28. The van der Waals surface area contributed by atoms with Crippen molar-refractivity contribution >= 4 is 0 Å². The molecule has 2 nitrogen and oxygen atoms in total. The Morgan fingerprint density at radius 2 is 1.93 bits per heavy atom. The highest BCUT2D eigenvalue weighted by Crippen LogP contribution is 2.33. The maximum Gasteiger partial charge on any atom is 0.0477 e. The Labute approximate surface area is 94.8 Å². The van der Waals surface area contributed by atoms with E-state index in [1.54, 1.807) is 7.11 Å². The highest BCUT2D eigenvalue weighted by Gasteiger charge is 2.25. The molecule has 0 saturated heterocycles. The Balaban J connectivity index is 2.21. The molecule has 0 aromatic heterocycles. The number of nitrogens with one attached hydrogen (secondary N) is 1. The zero-order valence-corrected chi connectivity index (χ0v) is 10.8. The van der Waals surface area contributed by atoms with Gasteiger partial charge in [0.05, 0.1) is 0 Å². The van der Waals surface area contributed by atoms with Crippen LogP contribution in [0.1, 0.15) is 46.5 Å². The molecule has 1 fully saturated rings. The molecule has 2 unspecified atom stereocenters. The molecule has 1 aliphatic carbocycles. The Hall–Kier alpha value is -0.0800. The van der Waals surface area contributed by atoms with Crippen molar-refractivity contribution < 1.29 is 4.74 Å². The molecule has 2 atom stereocenters. The summed E-state index contributed by atoms with van der Waals surface area (Å²) in [6.07, 6.45) is 5.40. The molecule has 1 N–H and O–H groups in total. The summed E-state index contributed by atoms with van der Waals surface area (Å²) < 4.78 is 5.16. The van der Waals surface area contributed by atoms with E-state index in [1.807, 2.05) is 0 Å². The summed E-state index contributed by atoms with van der Waals surface area (Å²) in [5.74, 6) is 1.71. The van der Waals surface area contributed by atoms with E-state index >= 15 is 0 Å². The second kappa shape index (κ2) is 6.49. The summed E-state index contributed by atoms with van der Waals surface area (Å²) in [4.78, 5) is 0. The molecule has 0 radical (unpaired) electrons. The number of rotatable bonds is 8. The molecule has 2 heteroatoms. The Kier molecular flexibility index (Phi) is 5.62. The third-order valence-corrected chi connectivity index (χ3v) is 3.32. The summed E-state index contributed by atoms with van der Waals surface area (Å²) >= 11 is 0. The minimum absolute atomic E-state index is 0.610. The predicted molar refractivity (Wildman–Crippen MR) is 65.1 cm³/mol. The van der Waals surface area contributed by atoms with Gasteiger partial charge < -0.3 is 10.1 Å². The average Bonchev–Trinajstić information content (AvgIpc) is 2.95. The lowest BCUT2D eigenvalue weighted by Crippen LogP contribution is -2.40. The van der Waals surface area contributed by atoms with Crippen LogP contribution in [0.2, 0.25) is 0 Å². The summed E-state index contributed by atoms with van der Waals surface area (Å²) in [5, 5.41) is 3.74. The molecule has 0 heterocycles. The minimum Gasteiger partial charge on any atom is -0.385 e. The van der Waals surface area contributed by atoms with Crippen LogP contribution in [0.25, 0.3) is 0 Å². The van der Waals surface area contributed by atoms with Crippen molar-refractivity contribution in [3.05, 3.63) is 0 Å². The molecule has 1 saturated carbocycles. The van der Waals surface area contributed by atoms with Gasteiger partial charge in [-0.1, -0.05) is 26.7 Å². The highest BCUT2D eigenvalue weighted by molar-refractivity contribution is 4.81. The maximum absolute atomic E-state index is 5.16. The van der Waals surface area contributed by atoms with Crippen LogP contribution in [0.3, 0.4) is 0 Å². The zero-order chi connectivity index (χ0) is 11.3. The fraction of sp³-hybridized carbons (Fsp3) is 1.00. The molecule has 0 bridgehead atoms. The molecule has 0 spiro atoms. The lowest BCUT2D eigenvalue weighted by atomic mass is 9.99. The highest BCUT2D eigenvalue weighted by atomic mass is 16.5. The molecule has 0 aliphatic heterocycles. The normalized spacial score (nSPS) is 20.6. The lowest BCUT2D eigenvalue weighted by Gasteiger charge is -2.26. The third-order valence-electron chi connectivity index (χ3n) is 3.32. The molecule has 1 aliphatic rings. The van der Waals surface area contributed by atoms with Crippen LogP contribution in [-0.4, -0.2) is 25.8 Å². The van der Waals surface area contributed by atoms with Gasteiger partial charge in [-0.2, -0.15) is 0 Å². The van der Waals surface area contributed by atoms with E-state index in [2.05, 4.69) is 26.1 Å². The average molecular weight is 213 g/mol. The first kappa shape index (κ1) is 13.0. The standard InChI is InChI=1S/C13H27NO/c1-10(2)13(7-8-15-4)14-11(3)9-12-5-6-12/h10-14H,5-9H2,1-4H3. The van der Waals surface area contributed by atoms with Gasteiger partial charge in [0.1, 0.15) is 0 Å². The van der Waals surface area contributed by atoms with Crippen LogP contribution in [0.4, 0.5) is 0 Å². The lowest BCUT2D eigenvalue weighted by molar-refractivity contribution is 0.169. The van der Waals surface area contributed by atoms with Crippen LogP contribution in [0.5, 0.6) is 0 Å². The van der Waals surface area contributed by atoms with Gasteiger partial charge in [-0.05, 0) is 31.6 Å². The minimum atomic E-state index is 0.610. The van der Waals surface area contributed by atoms with Gasteiger partial charge >= 0.3 is 0 Å². The van der Waals surface area contributed by atoms with Gasteiger partial charge in [0.25, 0.3) is 0 Å². The van der Waals surface area contributed by atoms with Gasteiger partial charge in [0.2, 0.25) is 0 Å². The SMILES string of the molecule is COCCC(NC(C)CC1CC1)C(C)C. The number of hydrogen-bond acceptors (Lipinski definition) is 2. The van der Waals surface area contributed by atoms with Crippen LogP contribution in [-0.2, 0) is 4.74 Å². The summed E-state index contributed by atoms with van der Waals surface area (Å²) in [6.45, 7) is 7.76. The van der Waals surface area contributed by atoms with E-state index in [0.717, 1.165) is 18.9 Å². The second-order valence-corrected chi connectivity index (χ2v) is 5.38. The molecule has 1 rings (SSSR count). The molecular formula is C13H27NO. The van der Waals surface area contributed by atoms with Crippen molar-refractivity contribution in [2.45, 2.75) is 58.5 Å². The zero-order valence-electron chi connectivity index (χ0n) is 10.8. The van der Waals surface area contributed by atoms with Gasteiger partial charge in [0, 0.05) is 25.8 Å². The van der Waals surface area contributed by atoms with Gasteiger partial charge in [-0.25, -0.2) is 0 Å². The van der Waals surface area contributed by atoms with Gasteiger partial charge in [-0.3, -0.25) is 0 Å². The fourth-order valence-electron chi connectivity index (χ4n) is 2.14. The van der Waals surface area contributed by atoms with E-state index in [9.17, 15) is 0 Å². The van der Waals surface area contributed by atoms with Gasteiger partial charge in [-0.15, -0.1) is 0 Å². The van der Waals surface area contributed by atoms with Crippen molar-refractivity contribution in [1.82, 2.24) is 5.32 Å². The maximum atomic E-state index is 5.16. The molecule has 0 amide bonds. The fourth-order valence-corrected chi connectivity index (χ4v) is 2.14. The Bertz CT molecular complexity index is 166. The van der Waals surface area contributed by atoms with Crippen LogP contribution >= 0.6 is 0 Å². The molecule has 15 heavy (non-hydrogen) atoms. The molecular weight excluding hydrogens is 186 g/mol. The topological polar surface area (TPSA) is 21.3 Å². The molecule has 0 aromatic rings. The predicted octanol–water partition coefficient (Wildman–Crippen LogP) is 2.83. The first-order valence-electron chi connectivity index (χ1n) is 6.38. The van der Waals surface area contributed by atoms with Crippen LogP contribution < -0.4 is 5.32 Å². The van der Waals surface area contributed by atoms with Crippen molar-refractivity contribution in [2.75, 3.05) is 13.7 Å². The van der Waals surface area contributed by atoms with Crippen LogP contribution in [0.15, 0.2) is 0 Å². The first-order chi connectivity index (χ1) is 7.13.